The second kappa shape index (κ2) is 9.33. The van der Waals surface area contributed by atoms with Crippen LogP contribution in [-0.4, -0.2) is 37.9 Å². The molecule has 0 aromatic carbocycles. The third-order valence-electron chi connectivity index (χ3n) is 4.36. The molecule has 0 saturated carbocycles. The van der Waals surface area contributed by atoms with Gasteiger partial charge in [-0.2, -0.15) is 5.10 Å². The third-order valence-corrected chi connectivity index (χ3v) is 5.93. The molecule has 1 amide bonds. The van der Waals surface area contributed by atoms with Crippen LogP contribution in [0, 0.1) is 5.92 Å². The van der Waals surface area contributed by atoms with Crippen molar-refractivity contribution in [1.29, 1.82) is 0 Å². The van der Waals surface area contributed by atoms with Gasteiger partial charge >= 0.3 is 0 Å². The SMILES string of the molecule is CCN(C(=O)CC(C)S(C)=O)c1cn(C2=CC=CC(C)CC=C2)nc1Cl. The Kier molecular flexibility index (Phi) is 7.41. The molecule has 142 valence electrons. The third kappa shape index (κ3) is 5.17. The van der Waals surface area contributed by atoms with E-state index in [0.717, 1.165) is 12.1 Å². The second-order valence-corrected chi connectivity index (χ2v) is 8.65. The van der Waals surface area contributed by atoms with Crippen LogP contribution in [0.4, 0.5) is 5.69 Å². The summed E-state index contributed by atoms with van der Waals surface area (Å²) in [6.45, 7) is 6.33. The van der Waals surface area contributed by atoms with E-state index < -0.39 is 10.8 Å². The van der Waals surface area contributed by atoms with Crippen molar-refractivity contribution in [1.82, 2.24) is 9.78 Å². The minimum atomic E-state index is -1.04. The molecule has 1 aromatic rings. The minimum absolute atomic E-state index is 0.104. The molecule has 5 nitrogen and oxygen atoms in total. The highest BCUT2D eigenvalue weighted by molar-refractivity contribution is 7.84. The first-order valence-corrected chi connectivity index (χ1v) is 10.8. The van der Waals surface area contributed by atoms with E-state index in [1.807, 2.05) is 32.1 Å². The fraction of sp³-hybridized carbons (Fsp3) is 0.474. The summed E-state index contributed by atoms with van der Waals surface area (Å²) in [4.78, 5) is 14.2. The molecular formula is C19H26ClN3O2S. The van der Waals surface area contributed by atoms with Crippen LogP contribution in [-0.2, 0) is 15.6 Å². The summed E-state index contributed by atoms with van der Waals surface area (Å²) in [6.07, 6.45) is 14.8. The number of carbonyl (C=O) groups excluding carboxylic acids is 1. The quantitative estimate of drug-likeness (QED) is 0.730. The zero-order valence-electron chi connectivity index (χ0n) is 15.7. The Hall–Kier alpha value is -1.66. The van der Waals surface area contributed by atoms with Gasteiger partial charge in [-0.05, 0) is 31.4 Å². The van der Waals surface area contributed by atoms with Gasteiger partial charge in [0, 0.05) is 35.3 Å². The summed E-state index contributed by atoms with van der Waals surface area (Å²) in [7, 11) is -1.04. The number of halogens is 1. The van der Waals surface area contributed by atoms with Crippen LogP contribution < -0.4 is 4.90 Å². The lowest BCUT2D eigenvalue weighted by Crippen LogP contribution is -2.33. The number of nitrogens with zero attached hydrogens (tertiary/aromatic N) is 3. The van der Waals surface area contributed by atoms with Crippen LogP contribution >= 0.6 is 11.6 Å². The van der Waals surface area contributed by atoms with Crippen molar-refractivity contribution in [3.05, 3.63) is 41.7 Å². The van der Waals surface area contributed by atoms with Gasteiger partial charge in [-0.3, -0.25) is 9.00 Å². The highest BCUT2D eigenvalue weighted by Gasteiger charge is 2.23. The van der Waals surface area contributed by atoms with Crippen molar-refractivity contribution < 1.29 is 9.00 Å². The fourth-order valence-corrected chi connectivity index (χ4v) is 3.26. The Bertz CT molecular complexity index is 767. The molecule has 2 rings (SSSR count). The number of rotatable bonds is 6. The van der Waals surface area contributed by atoms with E-state index >= 15 is 0 Å². The summed E-state index contributed by atoms with van der Waals surface area (Å²) in [5.74, 6) is 0.396. The number of allylic oxidation sites excluding steroid dienone is 6. The molecule has 0 fully saturated rings. The Morgan fingerprint density at radius 3 is 2.92 bits per heavy atom. The van der Waals surface area contributed by atoms with E-state index in [4.69, 9.17) is 11.6 Å². The maximum Gasteiger partial charge on any atom is 0.228 e. The monoisotopic (exact) mass is 395 g/mol. The van der Waals surface area contributed by atoms with Crippen LogP contribution in [0.15, 0.2) is 36.6 Å². The fourth-order valence-electron chi connectivity index (χ4n) is 2.65. The van der Waals surface area contributed by atoms with Crippen LogP contribution in [0.25, 0.3) is 5.70 Å². The number of hydrogen-bond donors (Lipinski definition) is 0. The predicted molar refractivity (Wildman–Crippen MR) is 110 cm³/mol. The first kappa shape index (κ1) is 20.6. The number of anilines is 1. The van der Waals surface area contributed by atoms with Crippen LogP contribution in [0.2, 0.25) is 5.15 Å². The Morgan fingerprint density at radius 1 is 1.54 bits per heavy atom. The summed E-state index contributed by atoms with van der Waals surface area (Å²) < 4.78 is 13.3. The maximum atomic E-state index is 12.6. The maximum absolute atomic E-state index is 12.6. The van der Waals surface area contributed by atoms with Gasteiger partial charge in [0.05, 0.1) is 11.9 Å². The standard InChI is InChI=1S/C19H26ClN3O2S/c1-5-22(18(24)12-15(3)26(4)25)17-13-23(21-19(17)20)16-10-6-8-14(2)9-7-11-16/h6-8,10-11,13-15H,5,9,12H2,1-4H3. The second-order valence-electron chi connectivity index (χ2n) is 6.49. The number of aromatic nitrogens is 2. The number of hydrogen-bond acceptors (Lipinski definition) is 3. The van der Waals surface area contributed by atoms with E-state index in [1.165, 1.54) is 0 Å². The Morgan fingerprint density at radius 2 is 2.27 bits per heavy atom. The first-order chi connectivity index (χ1) is 12.3. The van der Waals surface area contributed by atoms with Gasteiger partial charge in [-0.25, -0.2) is 4.68 Å². The van der Waals surface area contributed by atoms with Crippen molar-refractivity contribution >= 4 is 39.7 Å². The van der Waals surface area contributed by atoms with Crippen LogP contribution in [0.1, 0.15) is 33.6 Å². The average Bonchev–Trinajstić information content (AvgIpc) is 2.93. The molecule has 0 spiro atoms. The van der Waals surface area contributed by atoms with Crippen LogP contribution in [0.3, 0.4) is 0 Å². The van der Waals surface area contributed by atoms with Gasteiger partial charge in [0.1, 0.15) is 5.69 Å². The molecule has 26 heavy (non-hydrogen) atoms. The normalized spacial score (nSPS) is 19.4. The van der Waals surface area contributed by atoms with Crippen molar-refractivity contribution in [2.45, 2.75) is 38.9 Å². The van der Waals surface area contributed by atoms with E-state index in [-0.39, 0.29) is 22.7 Å². The topological polar surface area (TPSA) is 55.2 Å². The molecule has 0 N–H and O–H groups in total. The molecule has 1 aliphatic carbocycles. The zero-order valence-corrected chi connectivity index (χ0v) is 17.3. The van der Waals surface area contributed by atoms with Gasteiger partial charge in [-0.15, -0.1) is 0 Å². The highest BCUT2D eigenvalue weighted by Crippen LogP contribution is 2.27. The zero-order chi connectivity index (χ0) is 19.3. The number of carbonyl (C=O) groups is 1. The van der Waals surface area contributed by atoms with Crippen molar-refractivity contribution in [3.63, 3.8) is 0 Å². The molecule has 3 unspecified atom stereocenters. The van der Waals surface area contributed by atoms with Gasteiger partial charge in [0.25, 0.3) is 0 Å². The van der Waals surface area contributed by atoms with E-state index in [1.54, 1.807) is 22.0 Å². The first-order valence-electron chi connectivity index (χ1n) is 8.76. The lowest BCUT2D eigenvalue weighted by Gasteiger charge is -2.21. The molecule has 1 heterocycles. The lowest BCUT2D eigenvalue weighted by atomic mass is 10.1. The van der Waals surface area contributed by atoms with Crippen LogP contribution in [0.5, 0.6) is 0 Å². The van der Waals surface area contributed by atoms with Crippen molar-refractivity contribution in [2.75, 3.05) is 17.7 Å². The average molecular weight is 396 g/mol. The molecule has 0 saturated heterocycles. The van der Waals surface area contributed by atoms with Crippen molar-refractivity contribution in [3.8, 4) is 0 Å². The predicted octanol–water partition coefficient (Wildman–Crippen LogP) is 4.04. The summed E-state index contributed by atoms with van der Waals surface area (Å²) in [5, 5.41) is 4.44. The molecule has 1 aliphatic rings. The van der Waals surface area contributed by atoms with E-state index in [0.29, 0.717) is 18.2 Å². The van der Waals surface area contributed by atoms with Crippen molar-refractivity contribution in [2.24, 2.45) is 5.92 Å². The summed E-state index contributed by atoms with van der Waals surface area (Å²) in [5.41, 5.74) is 1.45. The smallest absolute Gasteiger partial charge is 0.228 e. The molecule has 0 aliphatic heterocycles. The van der Waals surface area contributed by atoms with E-state index in [9.17, 15) is 9.00 Å². The molecular weight excluding hydrogens is 370 g/mol. The van der Waals surface area contributed by atoms with Gasteiger partial charge in [-0.1, -0.05) is 43.7 Å². The largest absolute Gasteiger partial charge is 0.308 e. The minimum Gasteiger partial charge on any atom is -0.308 e. The van der Waals surface area contributed by atoms with Gasteiger partial charge < -0.3 is 4.90 Å². The highest BCUT2D eigenvalue weighted by atomic mass is 35.5. The molecule has 1 aromatic heterocycles. The Balaban J connectivity index is 2.27. The van der Waals surface area contributed by atoms with Gasteiger partial charge in [0.15, 0.2) is 5.15 Å². The summed E-state index contributed by atoms with van der Waals surface area (Å²) >= 11 is 6.32. The molecule has 0 bridgehead atoms. The lowest BCUT2D eigenvalue weighted by molar-refractivity contribution is -0.118. The molecule has 0 radical (unpaired) electrons. The molecule has 3 atom stereocenters. The summed E-state index contributed by atoms with van der Waals surface area (Å²) in [6, 6.07) is 0. The van der Waals surface area contributed by atoms with Gasteiger partial charge in [0.2, 0.25) is 5.91 Å². The Labute approximate surface area is 162 Å². The molecule has 7 heteroatoms. The number of amides is 1. The van der Waals surface area contributed by atoms with E-state index in [2.05, 4.69) is 24.2 Å².